The lowest BCUT2D eigenvalue weighted by molar-refractivity contribution is 0.146. The van der Waals surface area contributed by atoms with Crippen LogP contribution >= 0.6 is 0 Å². The van der Waals surface area contributed by atoms with Crippen molar-refractivity contribution in [1.29, 1.82) is 0 Å². The van der Waals surface area contributed by atoms with Crippen molar-refractivity contribution in [2.24, 2.45) is 5.73 Å². The Hall–Kier alpha value is -1.58. The van der Waals surface area contributed by atoms with Gasteiger partial charge in [0.2, 0.25) is 0 Å². The first kappa shape index (κ1) is 9.96. The van der Waals surface area contributed by atoms with E-state index in [0.29, 0.717) is 5.56 Å². The van der Waals surface area contributed by atoms with E-state index in [-0.39, 0.29) is 0 Å². The van der Waals surface area contributed by atoms with Crippen LogP contribution in [0.15, 0.2) is 53.3 Å². The molecule has 0 fully saturated rings. The molecule has 0 saturated carbocycles. The topological polar surface area (TPSA) is 59.4 Å². The molecule has 3 N–H and O–H groups in total. The zero-order chi connectivity index (χ0) is 10.7. The van der Waals surface area contributed by atoms with Gasteiger partial charge in [-0.2, -0.15) is 0 Å². The molecule has 2 rings (SSSR count). The highest BCUT2D eigenvalue weighted by Gasteiger charge is 2.19. The Balaban J connectivity index is 2.18. The van der Waals surface area contributed by atoms with Gasteiger partial charge in [0.1, 0.15) is 6.10 Å². The molecule has 3 nitrogen and oxygen atoms in total. The second kappa shape index (κ2) is 4.29. The van der Waals surface area contributed by atoms with E-state index < -0.39 is 12.1 Å². The van der Waals surface area contributed by atoms with Crippen molar-refractivity contribution >= 4 is 0 Å². The molecular formula is C12H13NO2. The maximum atomic E-state index is 9.95. The lowest BCUT2D eigenvalue weighted by Gasteiger charge is -2.17. The van der Waals surface area contributed by atoms with E-state index >= 15 is 0 Å². The van der Waals surface area contributed by atoms with E-state index in [2.05, 4.69) is 0 Å². The van der Waals surface area contributed by atoms with Crippen molar-refractivity contribution < 1.29 is 9.52 Å². The summed E-state index contributed by atoms with van der Waals surface area (Å²) in [6, 6.07) is 10.8. The molecule has 15 heavy (non-hydrogen) atoms. The van der Waals surface area contributed by atoms with Crippen LogP contribution in [-0.2, 0) is 0 Å². The van der Waals surface area contributed by atoms with E-state index in [0.717, 1.165) is 5.56 Å². The Kier molecular flexibility index (Phi) is 2.85. The Bertz CT molecular complexity index is 397. The molecular weight excluding hydrogens is 190 g/mol. The van der Waals surface area contributed by atoms with Gasteiger partial charge >= 0.3 is 0 Å². The molecule has 0 aliphatic carbocycles. The van der Waals surface area contributed by atoms with Crippen LogP contribution in [-0.4, -0.2) is 5.11 Å². The summed E-state index contributed by atoms with van der Waals surface area (Å²) in [5.74, 6) is 0. The van der Waals surface area contributed by atoms with Gasteiger partial charge in [0.05, 0.1) is 18.6 Å². The molecule has 3 heteroatoms. The average Bonchev–Trinajstić information content (AvgIpc) is 2.82. The molecule has 78 valence electrons. The number of nitrogens with two attached hydrogens (primary N) is 1. The molecule has 0 bridgehead atoms. The Labute approximate surface area is 88.1 Å². The first-order valence-electron chi connectivity index (χ1n) is 4.79. The number of rotatable bonds is 3. The third kappa shape index (κ3) is 2.09. The van der Waals surface area contributed by atoms with Crippen LogP contribution in [0, 0.1) is 0 Å². The zero-order valence-corrected chi connectivity index (χ0v) is 8.21. The molecule has 0 amide bonds. The first-order valence-corrected chi connectivity index (χ1v) is 4.79. The minimum Gasteiger partial charge on any atom is -0.472 e. The summed E-state index contributed by atoms with van der Waals surface area (Å²) >= 11 is 0. The third-order valence-electron chi connectivity index (χ3n) is 2.41. The van der Waals surface area contributed by atoms with Gasteiger partial charge in [-0.1, -0.05) is 30.3 Å². The lowest BCUT2D eigenvalue weighted by Crippen LogP contribution is -2.19. The van der Waals surface area contributed by atoms with Crippen LogP contribution in [0.25, 0.3) is 0 Å². The maximum Gasteiger partial charge on any atom is 0.101 e. The Morgan fingerprint density at radius 3 is 2.40 bits per heavy atom. The second-order valence-electron chi connectivity index (χ2n) is 3.44. The molecule has 0 radical (unpaired) electrons. The average molecular weight is 203 g/mol. The van der Waals surface area contributed by atoms with Crippen LogP contribution in [0.4, 0.5) is 0 Å². The lowest BCUT2D eigenvalue weighted by atomic mass is 9.99. The molecule has 2 unspecified atom stereocenters. The molecule has 2 atom stereocenters. The summed E-state index contributed by atoms with van der Waals surface area (Å²) < 4.78 is 4.91. The minimum atomic E-state index is -0.730. The van der Waals surface area contributed by atoms with Crippen LogP contribution in [0.1, 0.15) is 23.3 Å². The quantitative estimate of drug-likeness (QED) is 0.802. The van der Waals surface area contributed by atoms with E-state index in [1.165, 1.54) is 12.5 Å². The van der Waals surface area contributed by atoms with Crippen molar-refractivity contribution in [3.8, 4) is 0 Å². The van der Waals surface area contributed by atoms with Gasteiger partial charge in [0.15, 0.2) is 0 Å². The summed E-state index contributed by atoms with van der Waals surface area (Å²) in [6.45, 7) is 0. The number of aliphatic hydroxyl groups excluding tert-OH is 1. The Morgan fingerprint density at radius 2 is 1.80 bits per heavy atom. The SMILES string of the molecule is NC(c1ccccc1)C(O)c1ccoc1. The van der Waals surface area contributed by atoms with E-state index in [9.17, 15) is 5.11 Å². The van der Waals surface area contributed by atoms with E-state index in [1.54, 1.807) is 6.07 Å². The monoisotopic (exact) mass is 203 g/mol. The Morgan fingerprint density at radius 1 is 1.07 bits per heavy atom. The summed E-state index contributed by atoms with van der Waals surface area (Å²) in [6.07, 6.45) is 2.30. The van der Waals surface area contributed by atoms with Crippen molar-refractivity contribution in [2.45, 2.75) is 12.1 Å². The van der Waals surface area contributed by atoms with Gasteiger partial charge < -0.3 is 15.3 Å². The van der Waals surface area contributed by atoms with Crippen LogP contribution < -0.4 is 5.73 Å². The minimum absolute atomic E-state index is 0.427. The number of hydrogen-bond acceptors (Lipinski definition) is 3. The summed E-state index contributed by atoms with van der Waals surface area (Å²) in [7, 11) is 0. The number of benzene rings is 1. The van der Waals surface area contributed by atoms with Crippen molar-refractivity contribution in [3.63, 3.8) is 0 Å². The van der Waals surface area contributed by atoms with Gasteiger partial charge in [0.25, 0.3) is 0 Å². The van der Waals surface area contributed by atoms with Crippen molar-refractivity contribution in [3.05, 3.63) is 60.1 Å². The van der Waals surface area contributed by atoms with Gasteiger partial charge in [-0.15, -0.1) is 0 Å². The van der Waals surface area contributed by atoms with E-state index in [4.69, 9.17) is 10.2 Å². The smallest absolute Gasteiger partial charge is 0.101 e. The molecule has 0 saturated heterocycles. The molecule has 1 heterocycles. The third-order valence-corrected chi connectivity index (χ3v) is 2.41. The number of furan rings is 1. The normalized spacial score (nSPS) is 14.8. The predicted octanol–water partition coefficient (Wildman–Crippen LogP) is 2.01. The van der Waals surface area contributed by atoms with Crippen molar-refractivity contribution in [2.75, 3.05) is 0 Å². The largest absolute Gasteiger partial charge is 0.472 e. The van der Waals surface area contributed by atoms with Crippen LogP contribution in [0.3, 0.4) is 0 Å². The number of aliphatic hydroxyl groups is 1. The molecule has 1 aromatic heterocycles. The maximum absolute atomic E-state index is 9.95. The highest BCUT2D eigenvalue weighted by Crippen LogP contribution is 2.26. The van der Waals surface area contributed by atoms with Crippen LogP contribution in [0.2, 0.25) is 0 Å². The zero-order valence-electron chi connectivity index (χ0n) is 8.21. The predicted molar refractivity (Wildman–Crippen MR) is 57.0 cm³/mol. The fourth-order valence-corrected chi connectivity index (χ4v) is 1.51. The highest BCUT2D eigenvalue weighted by atomic mass is 16.3. The van der Waals surface area contributed by atoms with E-state index in [1.807, 2.05) is 30.3 Å². The summed E-state index contributed by atoms with van der Waals surface area (Å²) in [5.41, 5.74) is 7.55. The van der Waals surface area contributed by atoms with Crippen molar-refractivity contribution in [1.82, 2.24) is 0 Å². The fraction of sp³-hybridized carbons (Fsp3) is 0.167. The second-order valence-corrected chi connectivity index (χ2v) is 3.44. The van der Waals surface area contributed by atoms with Gasteiger partial charge in [-0.05, 0) is 11.6 Å². The fourth-order valence-electron chi connectivity index (χ4n) is 1.51. The summed E-state index contributed by atoms with van der Waals surface area (Å²) in [4.78, 5) is 0. The molecule has 0 aliphatic heterocycles. The van der Waals surface area contributed by atoms with Gasteiger partial charge in [-0.3, -0.25) is 0 Å². The molecule has 0 aliphatic rings. The molecule has 2 aromatic rings. The number of hydrogen-bond donors (Lipinski definition) is 2. The standard InChI is InChI=1S/C12H13NO2/c13-11(9-4-2-1-3-5-9)12(14)10-6-7-15-8-10/h1-8,11-12,14H,13H2. The van der Waals surface area contributed by atoms with Crippen LogP contribution in [0.5, 0.6) is 0 Å². The molecule has 1 aromatic carbocycles. The van der Waals surface area contributed by atoms with Gasteiger partial charge in [0, 0.05) is 5.56 Å². The first-order chi connectivity index (χ1) is 7.29. The molecule has 0 spiro atoms. The van der Waals surface area contributed by atoms with Gasteiger partial charge in [-0.25, -0.2) is 0 Å². The highest BCUT2D eigenvalue weighted by molar-refractivity contribution is 5.23. The summed E-state index contributed by atoms with van der Waals surface area (Å²) in [5, 5.41) is 9.95.